The van der Waals surface area contributed by atoms with Gasteiger partial charge in [0, 0.05) is 30.4 Å². The average molecular weight is 489 g/mol. The molecule has 7 heteroatoms. The van der Waals surface area contributed by atoms with Gasteiger partial charge >= 0.3 is 5.97 Å². The minimum Gasteiger partial charge on any atom is -0.466 e. The highest BCUT2D eigenvalue weighted by atomic mass is 28.4. The summed E-state index contributed by atoms with van der Waals surface area (Å²) < 4.78 is 18.1. The number of rotatable bonds is 11. The van der Waals surface area contributed by atoms with Crippen LogP contribution in [0.1, 0.15) is 62.3 Å². The van der Waals surface area contributed by atoms with Gasteiger partial charge in [0.1, 0.15) is 0 Å². The Morgan fingerprint density at radius 1 is 0.938 bits per heavy atom. The Hall–Kier alpha value is -0.476. The molecule has 0 saturated heterocycles. The molecule has 0 aliphatic heterocycles. The Labute approximate surface area is 200 Å². The van der Waals surface area contributed by atoms with E-state index in [0.717, 1.165) is 0 Å². The Balaban J connectivity index is 5.77. The Morgan fingerprint density at radius 2 is 1.41 bits per heavy atom. The third-order valence-electron chi connectivity index (χ3n) is 7.64. The van der Waals surface area contributed by atoms with Crippen LogP contribution in [0.4, 0.5) is 0 Å². The first kappa shape index (κ1) is 31.5. The molecule has 0 spiro atoms. The SMILES string of the molecule is COC(=O)/C=C/[C@@H](C)[C@@H](O)[C@H](C)[C@H](O[Si](C)(C)C(C)(C)C)[C@H](C)CO[Si](C)(C)C(C)(C)C. The molecule has 0 amide bonds. The van der Waals surface area contributed by atoms with Crippen LogP contribution in [0.2, 0.25) is 36.3 Å². The standard InChI is InChI=1S/C25H52O5Si2/c1-18(15-16-21(26)28-10)22(27)20(3)23(30-32(13,14)25(7,8)9)19(2)17-29-31(11,12)24(4,5)6/h15-16,18-20,22-23,27H,17H2,1-14H3/b16-15+/t18-,19-,20+,22-,23-/m1/s1. The van der Waals surface area contributed by atoms with E-state index in [1.165, 1.54) is 13.2 Å². The molecule has 0 aromatic rings. The molecular weight excluding hydrogens is 436 g/mol. The van der Waals surface area contributed by atoms with Crippen molar-refractivity contribution in [3.05, 3.63) is 12.2 Å². The number of methoxy groups -OCH3 is 1. The largest absolute Gasteiger partial charge is 0.466 e. The van der Waals surface area contributed by atoms with Crippen LogP contribution in [-0.2, 0) is 18.4 Å². The highest BCUT2D eigenvalue weighted by molar-refractivity contribution is 6.74. The van der Waals surface area contributed by atoms with Gasteiger partial charge in [0.25, 0.3) is 0 Å². The van der Waals surface area contributed by atoms with Gasteiger partial charge in [-0.15, -0.1) is 0 Å². The summed E-state index contributed by atoms with van der Waals surface area (Å²) in [5.74, 6) is -0.621. The van der Waals surface area contributed by atoms with Crippen LogP contribution in [0.25, 0.3) is 0 Å². The number of aliphatic hydroxyl groups excluding tert-OH is 1. The Morgan fingerprint density at radius 3 is 1.81 bits per heavy atom. The second-order valence-corrected chi connectivity index (χ2v) is 22.0. The molecule has 0 aliphatic rings. The van der Waals surface area contributed by atoms with Crippen molar-refractivity contribution in [1.29, 1.82) is 0 Å². The number of hydrogen-bond acceptors (Lipinski definition) is 5. The fourth-order valence-electron chi connectivity index (χ4n) is 3.00. The molecule has 0 bridgehead atoms. The molecule has 0 aromatic heterocycles. The second kappa shape index (κ2) is 11.8. The molecule has 0 heterocycles. The molecule has 0 radical (unpaired) electrons. The molecule has 190 valence electrons. The predicted molar refractivity (Wildman–Crippen MR) is 140 cm³/mol. The van der Waals surface area contributed by atoms with E-state index in [0.29, 0.717) is 6.61 Å². The van der Waals surface area contributed by atoms with E-state index in [-0.39, 0.29) is 33.9 Å². The summed E-state index contributed by atoms with van der Waals surface area (Å²) in [6.07, 6.45) is 2.30. The lowest BCUT2D eigenvalue weighted by Crippen LogP contribution is -2.51. The second-order valence-electron chi connectivity index (χ2n) is 12.5. The van der Waals surface area contributed by atoms with E-state index >= 15 is 0 Å². The molecule has 0 aromatic carbocycles. The topological polar surface area (TPSA) is 65.0 Å². The van der Waals surface area contributed by atoms with Gasteiger partial charge in [0.05, 0.1) is 19.3 Å². The number of aliphatic hydroxyl groups is 1. The first-order chi connectivity index (χ1) is 14.2. The molecule has 32 heavy (non-hydrogen) atoms. The zero-order valence-corrected chi connectivity index (χ0v) is 25.3. The zero-order valence-electron chi connectivity index (χ0n) is 23.3. The quantitative estimate of drug-likeness (QED) is 0.207. The van der Waals surface area contributed by atoms with E-state index in [1.54, 1.807) is 6.08 Å². The first-order valence-corrected chi connectivity index (χ1v) is 17.8. The average Bonchev–Trinajstić information content (AvgIpc) is 2.65. The van der Waals surface area contributed by atoms with E-state index in [1.807, 2.05) is 13.8 Å². The van der Waals surface area contributed by atoms with E-state index in [9.17, 15) is 9.90 Å². The smallest absolute Gasteiger partial charge is 0.330 e. The van der Waals surface area contributed by atoms with Gasteiger partial charge in [-0.05, 0) is 36.3 Å². The summed E-state index contributed by atoms with van der Waals surface area (Å²) in [5, 5.41) is 11.3. The van der Waals surface area contributed by atoms with Crippen LogP contribution in [-0.4, -0.2) is 53.6 Å². The van der Waals surface area contributed by atoms with Gasteiger partial charge < -0.3 is 18.7 Å². The van der Waals surface area contributed by atoms with Crippen LogP contribution in [0, 0.1) is 17.8 Å². The van der Waals surface area contributed by atoms with Gasteiger partial charge in [-0.1, -0.05) is 68.4 Å². The summed E-state index contributed by atoms with van der Waals surface area (Å²) in [4.78, 5) is 11.5. The lowest BCUT2D eigenvalue weighted by Gasteiger charge is -2.45. The summed E-state index contributed by atoms with van der Waals surface area (Å²) in [5.41, 5.74) is 0. The van der Waals surface area contributed by atoms with Crippen LogP contribution < -0.4 is 0 Å². The molecule has 0 saturated carbocycles. The number of esters is 1. The molecule has 0 rings (SSSR count). The Kier molecular flexibility index (Phi) is 11.6. The third-order valence-corrected chi connectivity index (χ3v) is 16.6. The normalized spacial score (nSPS) is 18.8. The molecule has 0 fully saturated rings. The van der Waals surface area contributed by atoms with Gasteiger partial charge in [0.2, 0.25) is 0 Å². The van der Waals surface area contributed by atoms with Crippen LogP contribution >= 0.6 is 0 Å². The highest BCUT2D eigenvalue weighted by Gasteiger charge is 2.44. The van der Waals surface area contributed by atoms with Crippen molar-refractivity contribution in [2.24, 2.45) is 17.8 Å². The van der Waals surface area contributed by atoms with Crippen molar-refractivity contribution in [2.75, 3.05) is 13.7 Å². The lowest BCUT2D eigenvalue weighted by atomic mass is 9.84. The zero-order chi connectivity index (χ0) is 25.7. The monoisotopic (exact) mass is 488 g/mol. The van der Waals surface area contributed by atoms with E-state index < -0.39 is 28.7 Å². The molecule has 5 atom stereocenters. The van der Waals surface area contributed by atoms with Crippen molar-refractivity contribution in [3.63, 3.8) is 0 Å². The van der Waals surface area contributed by atoms with Crippen LogP contribution in [0.15, 0.2) is 12.2 Å². The number of ether oxygens (including phenoxy) is 1. The fourth-order valence-corrected chi connectivity index (χ4v) is 5.59. The minimum absolute atomic E-state index is 0.0618. The third kappa shape index (κ3) is 9.05. The minimum atomic E-state index is -2.08. The molecule has 5 nitrogen and oxygen atoms in total. The Bertz CT molecular complexity index is 617. The summed E-state index contributed by atoms with van der Waals surface area (Å²) in [6, 6.07) is 0. The van der Waals surface area contributed by atoms with Gasteiger partial charge in [0.15, 0.2) is 16.6 Å². The first-order valence-electron chi connectivity index (χ1n) is 11.9. The maximum atomic E-state index is 11.5. The maximum Gasteiger partial charge on any atom is 0.330 e. The lowest BCUT2D eigenvalue weighted by molar-refractivity contribution is -0.134. The summed E-state index contributed by atoms with van der Waals surface area (Å²) in [7, 11) is -2.62. The molecule has 1 N–H and O–H groups in total. The number of carbonyl (C=O) groups excluding carboxylic acids is 1. The summed E-state index contributed by atoms with van der Waals surface area (Å²) >= 11 is 0. The molecule has 0 unspecified atom stereocenters. The van der Waals surface area contributed by atoms with Crippen molar-refractivity contribution in [1.82, 2.24) is 0 Å². The van der Waals surface area contributed by atoms with Gasteiger partial charge in [-0.3, -0.25) is 0 Å². The highest BCUT2D eigenvalue weighted by Crippen LogP contribution is 2.41. The number of carbonyl (C=O) groups is 1. The van der Waals surface area contributed by atoms with E-state index in [4.69, 9.17) is 8.85 Å². The molecule has 0 aliphatic carbocycles. The maximum absolute atomic E-state index is 11.5. The van der Waals surface area contributed by atoms with Gasteiger partial charge in [-0.25, -0.2) is 4.79 Å². The van der Waals surface area contributed by atoms with Gasteiger partial charge in [-0.2, -0.15) is 0 Å². The fraction of sp³-hybridized carbons (Fsp3) is 0.880. The van der Waals surface area contributed by atoms with Crippen LogP contribution in [0.3, 0.4) is 0 Å². The number of hydrogen-bond donors (Lipinski definition) is 1. The van der Waals surface area contributed by atoms with Crippen LogP contribution in [0.5, 0.6) is 0 Å². The van der Waals surface area contributed by atoms with Crippen molar-refractivity contribution < 1.29 is 23.5 Å². The van der Waals surface area contributed by atoms with Crippen molar-refractivity contribution in [2.45, 2.75) is 111 Å². The molecular formula is C25H52O5Si2. The van der Waals surface area contributed by atoms with Crippen molar-refractivity contribution >= 4 is 22.6 Å². The van der Waals surface area contributed by atoms with E-state index in [2.05, 4.69) is 79.4 Å². The van der Waals surface area contributed by atoms with Crippen molar-refractivity contribution in [3.8, 4) is 0 Å². The predicted octanol–water partition coefficient (Wildman–Crippen LogP) is 6.40. The summed E-state index contributed by atoms with van der Waals surface area (Å²) in [6.45, 7) is 29.2.